The lowest BCUT2D eigenvalue weighted by atomic mass is 10.3. The number of aliphatic hydroxyl groups is 1. The van der Waals surface area contributed by atoms with E-state index in [1.165, 1.54) is 0 Å². The molecule has 2 unspecified atom stereocenters. The van der Waals surface area contributed by atoms with Crippen LogP contribution < -0.4 is 5.32 Å². The van der Waals surface area contributed by atoms with Gasteiger partial charge in [0, 0.05) is 24.2 Å². The van der Waals surface area contributed by atoms with Crippen LogP contribution in [0, 0.1) is 0 Å². The third-order valence-corrected chi connectivity index (χ3v) is 3.20. The predicted octanol–water partition coefficient (Wildman–Crippen LogP) is 1.11. The van der Waals surface area contributed by atoms with Crippen LogP contribution in [0.4, 0.5) is 0 Å². The van der Waals surface area contributed by atoms with E-state index < -0.39 is 0 Å². The van der Waals surface area contributed by atoms with Crippen molar-refractivity contribution in [2.75, 3.05) is 32.6 Å². The summed E-state index contributed by atoms with van der Waals surface area (Å²) < 4.78 is 5.13. The van der Waals surface area contributed by atoms with Gasteiger partial charge in [-0.1, -0.05) is 13.8 Å². The van der Waals surface area contributed by atoms with Gasteiger partial charge in [-0.15, -0.1) is 0 Å². The molecular formula is C10H23NO2S. The molecule has 0 aliphatic carbocycles. The van der Waals surface area contributed by atoms with Gasteiger partial charge in [-0.25, -0.2) is 0 Å². The lowest BCUT2D eigenvalue weighted by molar-refractivity contribution is 0.174. The molecule has 2 N–H and O–H groups in total. The Morgan fingerprint density at radius 2 is 2.21 bits per heavy atom. The highest BCUT2D eigenvalue weighted by molar-refractivity contribution is 7.99. The molecule has 0 fully saturated rings. The maximum absolute atomic E-state index is 8.88. The third kappa shape index (κ3) is 7.62. The Morgan fingerprint density at radius 1 is 1.50 bits per heavy atom. The molecule has 3 nitrogen and oxygen atoms in total. The first-order chi connectivity index (χ1) is 6.74. The number of methoxy groups -OCH3 is 1. The summed E-state index contributed by atoms with van der Waals surface area (Å²) in [5.74, 6) is 0.996. The van der Waals surface area contributed by atoms with Crippen LogP contribution in [-0.2, 0) is 4.74 Å². The second-order valence-electron chi connectivity index (χ2n) is 3.43. The number of ether oxygens (including phenoxy) is 1. The highest BCUT2D eigenvalue weighted by Crippen LogP contribution is 2.11. The maximum atomic E-state index is 8.88. The standard InChI is InChI=1S/C10H23NO2S/c1-4-5-11-10(7-13-3)8-14-9(2)6-12/h9-12H,4-8H2,1-3H3. The summed E-state index contributed by atoms with van der Waals surface area (Å²) in [6, 6.07) is 0.402. The summed E-state index contributed by atoms with van der Waals surface area (Å²) in [6.07, 6.45) is 1.14. The maximum Gasteiger partial charge on any atom is 0.0623 e. The fourth-order valence-electron chi connectivity index (χ4n) is 1.05. The molecule has 0 aliphatic rings. The van der Waals surface area contributed by atoms with Crippen molar-refractivity contribution in [3.63, 3.8) is 0 Å². The zero-order valence-corrected chi connectivity index (χ0v) is 10.3. The summed E-state index contributed by atoms with van der Waals surface area (Å²) in [4.78, 5) is 0. The van der Waals surface area contributed by atoms with E-state index in [2.05, 4.69) is 12.2 Å². The van der Waals surface area contributed by atoms with E-state index in [4.69, 9.17) is 9.84 Å². The molecule has 0 rings (SSSR count). The molecule has 0 radical (unpaired) electrons. The Hall–Kier alpha value is 0.230. The van der Waals surface area contributed by atoms with E-state index in [1.807, 2.05) is 6.92 Å². The topological polar surface area (TPSA) is 41.5 Å². The van der Waals surface area contributed by atoms with Crippen LogP contribution in [-0.4, -0.2) is 49.0 Å². The second-order valence-corrected chi connectivity index (χ2v) is 4.90. The van der Waals surface area contributed by atoms with E-state index in [1.54, 1.807) is 18.9 Å². The van der Waals surface area contributed by atoms with Crippen molar-refractivity contribution < 1.29 is 9.84 Å². The van der Waals surface area contributed by atoms with Gasteiger partial charge >= 0.3 is 0 Å². The lowest BCUT2D eigenvalue weighted by Gasteiger charge is -2.18. The Morgan fingerprint density at radius 3 is 2.71 bits per heavy atom. The molecule has 0 amide bonds. The molecule has 0 aromatic carbocycles. The molecule has 86 valence electrons. The quantitative estimate of drug-likeness (QED) is 0.612. The van der Waals surface area contributed by atoms with Crippen LogP contribution >= 0.6 is 11.8 Å². The van der Waals surface area contributed by atoms with Crippen molar-refractivity contribution in [1.82, 2.24) is 5.32 Å². The van der Waals surface area contributed by atoms with Crippen LogP contribution in [0.25, 0.3) is 0 Å². The zero-order chi connectivity index (χ0) is 10.8. The van der Waals surface area contributed by atoms with Crippen LogP contribution in [0.2, 0.25) is 0 Å². The van der Waals surface area contributed by atoms with Gasteiger partial charge in [0.25, 0.3) is 0 Å². The molecule has 0 spiro atoms. The minimum Gasteiger partial charge on any atom is -0.395 e. The first-order valence-corrected chi connectivity index (χ1v) is 6.24. The minimum atomic E-state index is 0.248. The van der Waals surface area contributed by atoms with E-state index in [0.29, 0.717) is 11.3 Å². The Balaban J connectivity index is 3.60. The minimum absolute atomic E-state index is 0.248. The van der Waals surface area contributed by atoms with Crippen LogP contribution in [0.3, 0.4) is 0 Å². The molecule has 0 heterocycles. The van der Waals surface area contributed by atoms with Gasteiger partial charge in [-0.2, -0.15) is 11.8 Å². The van der Waals surface area contributed by atoms with Gasteiger partial charge in [0.05, 0.1) is 13.2 Å². The van der Waals surface area contributed by atoms with E-state index >= 15 is 0 Å². The molecule has 0 saturated carbocycles. The smallest absolute Gasteiger partial charge is 0.0623 e. The van der Waals surface area contributed by atoms with Gasteiger partial charge in [0.2, 0.25) is 0 Å². The van der Waals surface area contributed by atoms with Gasteiger partial charge in [0.1, 0.15) is 0 Å². The van der Waals surface area contributed by atoms with Crippen molar-refractivity contribution in [2.45, 2.75) is 31.6 Å². The van der Waals surface area contributed by atoms with Crippen LogP contribution in [0.15, 0.2) is 0 Å². The molecule has 0 aliphatic heterocycles. The SMILES string of the molecule is CCCNC(COC)CSC(C)CO. The summed E-state index contributed by atoms with van der Waals surface area (Å²) in [5, 5.41) is 12.6. The van der Waals surface area contributed by atoms with Crippen molar-refractivity contribution in [3.05, 3.63) is 0 Å². The molecule has 14 heavy (non-hydrogen) atoms. The van der Waals surface area contributed by atoms with E-state index in [-0.39, 0.29) is 6.61 Å². The van der Waals surface area contributed by atoms with Crippen LogP contribution in [0.5, 0.6) is 0 Å². The van der Waals surface area contributed by atoms with Gasteiger partial charge in [-0.3, -0.25) is 0 Å². The predicted molar refractivity (Wildman–Crippen MR) is 63.0 cm³/mol. The average molecular weight is 221 g/mol. The average Bonchev–Trinajstić information content (AvgIpc) is 2.21. The summed E-state index contributed by atoms with van der Waals surface area (Å²) in [7, 11) is 1.72. The second kappa shape index (κ2) is 9.77. The van der Waals surface area contributed by atoms with Crippen molar-refractivity contribution in [1.29, 1.82) is 0 Å². The number of aliphatic hydroxyl groups excluding tert-OH is 1. The number of rotatable bonds is 9. The number of thioether (sulfide) groups is 1. The molecule has 0 bridgehead atoms. The first-order valence-electron chi connectivity index (χ1n) is 5.19. The highest BCUT2D eigenvalue weighted by Gasteiger charge is 2.09. The highest BCUT2D eigenvalue weighted by atomic mass is 32.2. The zero-order valence-electron chi connectivity index (χ0n) is 9.45. The van der Waals surface area contributed by atoms with E-state index in [9.17, 15) is 0 Å². The fourth-order valence-corrected chi connectivity index (χ4v) is 1.93. The van der Waals surface area contributed by atoms with Crippen molar-refractivity contribution in [2.24, 2.45) is 0 Å². The van der Waals surface area contributed by atoms with Gasteiger partial charge in [0.15, 0.2) is 0 Å². The summed E-state index contributed by atoms with van der Waals surface area (Å²) in [5.41, 5.74) is 0. The Bertz CT molecular complexity index is 125. The Kier molecular flexibility index (Phi) is 9.93. The molecular weight excluding hydrogens is 198 g/mol. The van der Waals surface area contributed by atoms with Crippen molar-refractivity contribution >= 4 is 11.8 Å². The number of hydrogen-bond donors (Lipinski definition) is 2. The summed E-state index contributed by atoms with van der Waals surface area (Å²) >= 11 is 1.78. The number of nitrogens with one attached hydrogen (secondary N) is 1. The van der Waals surface area contributed by atoms with Gasteiger partial charge in [-0.05, 0) is 13.0 Å². The normalized spacial score (nSPS) is 15.4. The third-order valence-electron chi connectivity index (χ3n) is 1.89. The molecule has 2 atom stereocenters. The molecule has 0 aromatic heterocycles. The molecule has 4 heteroatoms. The van der Waals surface area contributed by atoms with E-state index in [0.717, 1.165) is 25.3 Å². The largest absolute Gasteiger partial charge is 0.395 e. The summed E-state index contributed by atoms with van der Waals surface area (Å²) in [6.45, 7) is 6.21. The molecule has 0 saturated heterocycles. The fraction of sp³-hybridized carbons (Fsp3) is 1.00. The molecule has 0 aromatic rings. The number of hydrogen-bond acceptors (Lipinski definition) is 4. The van der Waals surface area contributed by atoms with Crippen LogP contribution in [0.1, 0.15) is 20.3 Å². The first kappa shape index (κ1) is 14.2. The monoisotopic (exact) mass is 221 g/mol. The van der Waals surface area contributed by atoms with Gasteiger partial charge < -0.3 is 15.2 Å². The van der Waals surface area contributed by atoms with Crippen molar-refractivity contribution in [3.8, 4) is 0 Å². The lowest BCUT2D eigenvalue weighted by Crippen LogP contribution is -2.36. The Labute approximate surface area is 91.6 Å².